The first-order chi connectivity index (χ1) is 10.5. The Morgan fingerprint density at radius 2 is 1.91 bits per heavy atom. The van der Waals surface area contributed by atoms with Crippen molar-refractivity contribution < 1.29 is 23.9 Å². The van der Waals surface area contributed by atoms with Gasteiger partial charge in [0.15, 0.2) is 6.61 Å². The normalized spacial score (nSPS) is 17.9. The second kappa shape index (κ2) is 7.04. The fourth-order valence-corrected chi connectivity index (χ4v) is 2.12. The molecule has 7 heteroatoms. The zero-order chi connectivity index (χ0) is 16.1. The quantitative estimate of drug-likeness (QED) is 0.801. The average molecular weight is 306 g/mol. The highest BCUT2D eigenvalue weighted by molar-refractivity contribution is 5.95. The predicted molar refractivity (Wildman–Crippen MR) is 77.2 cm³/mol. The number of ether oxygens (including phenoxy) is 2. The van der Waals surface area contributed by atoms with Crippen molar-refractivity contribution in [2.75, 3.05) is 26.3 Å². The summed E-state index contributed by atoms with van der Waals surface area (Å²) in [5.74, 6) is -1.44. The molecule has 1 heterocycles. The molecule has 0 bridgehead atoms. The molecule has 1 fully saturated rings. The third-order valence-corrected chi connectivity index (χ3v) is 3.33. The van der Waals surface area contributed by atoms with Crippen LogP contribution in [0.3, 0.4) is 0 Å². The molecule has 0 radical (unpaired) electrons. The molecule has 1 aromatic carbocycles. The predicted octanol–water partition coefficient (Wildman–Crippen LogP) is 0.190. The lowest BCUT2D eigenvalue weighted by atomic mass is 10.1. The number of rotatable bonds is 4. The molecule has 0 unspecified atom stereocenters. The van der Waals surface area contributed by atoms with Crippen LogP contribution >= 0.6 is 0 Å². The Kier molecular flexibility index (Phi) is 5.11. The molecule has 2 rings (SSSR count). The molecule has 2 N–H and O–H groups in total. The number of carbonyl (C=O) groups excluding carboxylic acids is 3. The van der Waals surface area contributed by atoms with Crippen LogP contribution in [0.4, 0.5) is 0 Å². The summed E-state index contributed by atoms with van der Waals surface area (Å²) < 4.78 is 10.3. The maximum atomic E-state index is 12.0. The minimum atomic E-state index is -0.620. The molecule has 1 aliphatic rings. The number of morpholine rings is 1. The summed E-state index contributed by atoms with van der Waals surface area (Å²) in [6.07, 6.45) is -0.0188. The summed E-state index contributed by atoms with van der Waals surface area (Å²) in [6, 6.07) is 5.74. The van der Waals surface area contributed by atoms with Gasteiger partial charge in [0.25, 0.3) is 5.91 Å². The molecular formula is C15H18N2O5. The monoisotopic (exact) mass is 306 g/mol. The van der Waals surface area contributed by atoms with Crippen LogP contribution < -0.4 is 5.73 Å². The molecule has 1 aromatic rings. The number of hydrogen-bond acceptors (Lipinski definition) is 5. The minimum Gasteiger partial charge on any atom is -0.452 e. The highest BCUT2D eigenvalue weighted by Crippen LogP contribution is 2.07. The lowest BCUT2D eigenvalue weighted by Gasteiger charge is -2.30. The molecule has 118 valence electrons. The summed E-state index contributed by atoms with van der Waals surface area (Å²) >= 11 is 0. The zero-order valence-corrected chi connectivity index (χ0v) is 12.3. The Morgan fingerprint density at radius 1 is 1.27 bits per heavy atom. The third kappa shape index (κ3) is 4.05. The Hall–Kier alpha value is -2.41. The van der Waals surface area contributed by atoms with Gasteiger partial charge in [-0.1, -0.05) is 0 Å². The SMILES string of the molecule is C[C@@H]1CN(C(=O)COC(=O)c2ccc(C(N)=O)cc2)CCO1. The van der Waals surface area contributed by atoms with E-state index in [0.29, 0.717) is 25.3 Å². The van der Waals surface area contributed by atoms with Crippen molar-refractivity contribution in [1.82, 2.24) is 4.90 Å². The summed E-state index contributed by atoms with van der Waals surface area (Å²) in [4.78, 5) is 36.4. The van der Waals surface area contributed by atoms with E-state index < -0.39 is 11.9 Å². The molecule has 0 spiro atoms. The van der Waals surface area contributed by atoms with Gasteiger partial charge in [-0.15, -0.1) is 0 Å². The van der Waals surface area contributed by atoms with Crippen LogP contribution in [0.1, 0.15) is 27.6 Å². The molecule has 1 saturated heterocycles. The van der Waals surface area contributed by atoms with E-state index in [4.69, 9.17) is 15.2 Å². The minimum absolute atomic E-state index is 0.0188. The molecule has 1 aliphatic heterocycles. The van der Waals surface area contributed by atoms with Crippen molar-refractivity contribution in [2.24, 2.45) is 5.73 Å². The Morgan fingerprint density at radius 3 is 2.50 bits per heavy atom. The number of nitrogens with zero attached hydrogens (tertiary/aromatic N) is 1. The number of esters is 1. The van der Waals surface area contributed by atoms with Crippen molar-refractivity contribution >= 4 is 17.8 Å². The molecule has 7 nitrogen and oxygen atoms in total. The smallest absolute Gasteiger partial charge is 0.338 e. The first kappa shape index (κ1) is 16.0. The van der Waals surface area contributed by atoms with Gasteiger partial charge < -0.3 is 20.1 Å². The van der Waals surface area contributed by atoms with Crippen molar-refractivity contribution in [1.29, 1.82) is 0 Å². The van der Waals surface area contributed by atoms with Gasteiger partial charge in [-0.05, 0) is 31.2 Å². The number of nitrogens with two attached hydrogens (primary N) is 1. The lowest BCUT2D eigenvalue weighted by molar-refractivity contribution is -0.141. The van der Waals surface area contributed by atoms with Gasteiger partial charge in [0.2, 0.25) is 5.91 Å². The molecular weight excluding hydrogens is 288 g/mol. The molecule has 0 aromatic heterocycles. The van der Waals surface area contributed by atoms with Crippen molar-refractivity contribution in [2.45, 2.75) is 13.0 Å². The Labute approximate surface area is 128 Å². The van der Waals surface area contributed by atoms with E-state index >= 15 is 0 Å². The average Bonchev–Trinajstić information content (AvgIpc) is 2.52. The van der Waals surface area contributed by atoms with Crippen molar-refractivity contribution in [3.8, 4) is 0 Å². The van der Waals surface area contributed by atoms with Crippen LogP contribution in [0.15, 0.2) is 24.3 Å². The second-order valence-corrected chi connectivity index (χ2v) is 5.04. The number of amides is 2. The van der Waals surface area contributed by atoms with Crippen LogP contribution in [0.5, 0.6) is 0 Å². The number of primary amides is 1. The fourth-order valence-electron chi connectivity index (χ4n) is 2.12. The van der Waals surface area contributed by atoms with Gasteiger partial charge in [-0.25, -0.2) is 4.79 Å². The molecule has 22 heavy (non-hydrogen) atoms. The van der Waals surface area contributed by atoms with Crippen LogP contribution in [0.2, 0.25) is 0 Å². The van der Waals surface area contributed by atoms with Gasteiger partial charge in [-0.3, -0.25) is 9.59 Å². The summed E-state index contributed by atoms with van der Waals surface area (Å²) in [6.45, 7) is 3.03. The van der Waals surface area contributed by atoms with Gasteiger partial charge in [0, 0.05) is 18.7 Å². The number of carbonyl (C=O) groups is 3. The maximum Gasteiger partial charge on any atom is 0.338 e. The summed E-state index contributed by atoms with van der Waals surface area (Å²) in [5, 5.41) is 0. The lowest BCUT2D eigenvalue weighted by Crippen LogP contribution is -2.46. The highest BCUT2D eigenvalue weighted by Gasteiger charge is 2.22. The van der Waals surface area contributed by atoms with Crippen LogP contribution in [-0.2, 0) is 14.3 Å². The largest absolute Gasteiger partial charge is 0.452 e. The van der Waals surface area contributed by atoms with Gasteiger partial charge in [0.1, 0.15) is 0 Å². The van der Waals surface area contributed by atoms with E-state index in [1.807, 2.05) is 6.92 Å². The topological polar surface area (TPSA) is 98.9 Å². The maximum absolute atomic E-state index is 12.0. The van der Waals surface area contributed by atoms with Gasteiger partial charge in [0.05, 0.1) is 18.3 Å². The summed E-state index contributed by atoms with van der Waals surface area (Å²) in [5.41, 5.74) is 5.68. The van der Waals surface area contributed by atoms with E-state index in [1.165, 1.54) is 24.3 Å². The van der Waals surface area contributed by atoms with E-state index in [9.17, 15) is 14.4 Å². The molecule has 2 amide bonds. The first-order valence-corrected chi connectivity index (χ1v) is 6.93. The second-order valence-electron chi connectivity index (χ2n) is 5.04. The first-order valence-electron chi connectivity index (χ1n) is 6.93. The van der Waals surface area contributed by atoms with E-state index in [1.54, 1.807) is 4.90 Å². The van der Waals surface area contributed by atoms with E-state index in [0.717, 1.165) is 0 Å². The molecule has 1 atom stereocenters. The zero-order valence-electron chi connectivity index (χ0n) is 12.3. The fraction of sp³-hybridized carbons (Fsp3) is 0.400. The Bertz CT molecular complexity index is 570. The summed E-state index contributed by atoms with van der Waals surface area (Å²) in [7, 11) is 0. The Balaban J connectivity index is 1.86. The standard InChI is InChI=1S/C15H18N2O5/c1-10-8-17(6-7-21-10)13(18)9-22-15(20)12-4-2-11(3-5-12)14(16)19/h2-5,10H,6-9H2,1H3,(H2,16,19)/t10-/m1/s1. The van der Waals surface area contributed by atoms with Gasteiger partial charge in [-0.2, -0.15) is 0 Å². The van der Waals surface area contributed by atoms with E-state index in [2.05, 4.69) is 0 Å². The highest BCUT2D eigenvalue weighted by atomic mass is 16.5. The number of hydrogen-bond donors (Lipinski definition) is 1. The number of benzene rings is 1. The van der Waals surface area contributed by atoms with Crippen LogP contribution in [0.25, 0.3) is 0 Å². The molecule has 0 saturated carbocycles. The van der Waals surface area contributed by atoms with Crippen LogP contribution in [0, 0.1) is 0 Å². The van der Waals surface area contributed by atoms with Crippen molar-refractivity contribution in [3.63, 3.8) is 0 Å². The van der Waals surface area contributed by atoms with Gasteiger partial charge >= 0.3 is 5.97 Å². The van der Waals surface area contributed by atoms with Crippen LogP contribution in [-0.4, -0.2) is 55.1 Å². The van der Waals surface area contributed by atoms with E-state index in [-0.39, 0.29) is 24.2 Å². The molecule has 0 aliphatic carbocycles. The third-order valence-electron chi connectivity index (χ3n) is 3.33. The van der Waals surface area contributed by atoms with Crippen molar-refractivity contribution in [3.05, 3.63) is 35.4 Å².